The minimum absolute atomic E-state index is 0.0735. The van der Waals surface area contributed by atoms with Crippen LogP contribution in [0.15, 0.2) is 66.8 Å². The molecule has 0 heterocycles. The Bertz CT molecular complexity index is 907. The van der Waals surface area contributed by atoms with Gasteiger partial charge in [-0.2, -0.15) is 0 Å². The van der Waals surface area contributed by atoms with Crippen LogP contribution < -0.4 is 10.5 Å². The monoisotopic (exact) mass is 395 g/mol. The fourth-order valence-electron chi connectivity index (χ4n) is 3.53. The zero-order valence-corrected chi connectivity index (χ0v) is 16.3. The van der Waals surface area contributed by atoms with Gasteiger partial charge in [0.2, 0.25) is 0 Å². The Labute approximate surface area is 170 Å². The lowest BCUT2D eigenvalue weighted by molar-refractivity contribution is -0.136. The Kier molecular flexibility index (Phi) is 7.19. The van der Waals surface area contributed by atoms with Crippen LogP contribution in [-0.4, -0.2) is 23.8 Å². The highest BCUT2D eigenvalue weighted by Gasteiger charge is 2.19. The number of hydrogen-bond acceptors (Lipinski definition) is 3. The van der Waals surface area contributed by atoms with Crippen molar-refractivity contribution in [2.75, 3.05) is 6.67 Å². The molecule has 3 N–H and O–H groups in total. The maximum atomic E-state index is 12.6. The van der Waals surface area contributed by atoms with Crippen LogP contribution in [0.3, 0.4) is 0 Å². The number of benzene rings is 2. The SMILES string of the molecule is NC(CCF)C1C=CC=C(c2cccc(COc3ccccc3CC(=O)O)c2)C1. The van der Waals surface area contributed by atoms with Crippen molar-refractivity contribution in [2.24, 2.45) is 11.7 Å². The Hall–Kier alpha value is -2.92. The molecule has 0 bridgehead atoms. The van der Waals surface area contributed by atoms with E-state index in [9.17, 15) is 9.18 Å². The van der Waals surface area contributed by atoms with Crippen LogP contribution in [0.2, 0.25) is 0 Å². The van der Waals surface area contributed by atoms with E-state index in [1.54, 1.807) is 18.2 Å². The number of para-hydroxylation sites is 1. The molecular formula is C24H26FNO3. The zero-order valence-electron chi connectivity index (χ0n) is 16.3. The summed E-state index contributed by atoms with van der Waals surface area (Å²) in [5.74, 6) is -0.174. The van der Waals surface area contributed by atoms with E-state index < -0.39 is 12.6 Å². The highest BCUT2D eigenvalue weighted by Crippen LogP contribution is 2.30. The van der Waals surface area contributed by atoms with Gasteiger partial charge < -0.3 is 15.6 Å². The van der Waals surface area contributed by atoms with Gasteiger partial charge in [-0.1, -0.05) is 54.6 Å². The predicted molar refractivity (Wildman–Crippen MR) is 112 cm³/mol. The molecule has 0 radical (unpaired) electrons. The highest BCUT2D eigenvalue weighted by atomic mass is 19.1. The van der Waals surface area contributed by atoms with Gasteiger partial charge >= 0.3 is 5.97 Å². The summed E-state index contributed by atoms with van der Waals surface area (Å²) in [5.41, 5.74) is 10.0. The van der Waals surface area contributed by atoms with Crippen LogP contribution in [0.4, 0.5) is 4.39 Å². The Morgan fingerprint density at radius 2 is 2.07 bits per heavy atom. The molecule has 3 rings (SSSR count). The molecule has 2 unspecified atom stereocenters. The number of aliphatic carboxylic acids is 1. The van der Waals surface area contributed by atoms with E-state index in [-0.39, 0.29) is 18.4 Å². The summed E-state index contributed by atoms with van der Waals surface area (Å²) in [4.78, 5) is 11.0. The fraction of sp³-hybridized carbons (Fsp3) is 0.292. The number of hydrogen-bond donors (Lipinski definition) is 2. The summed E-state index contributed by atoms with van der Waals surface area (Å²) < 4.78 is 18.5. The number of halogens is 1. The van der Waals surface area contributed by atoms with Gasteiger partial charge in [-0.05, 0) is 47.6 Å². The molecule has 29 heavy (non-hydrogen) atoms. The van der Waals surface area contributed by atoms with E-state index in [2.05, 4.69) is 18.2 Å². The van der Waals surface area contributed by atoms with Crippen molar-refractivity contribution in [1.82, 2.24) is 0 Å². The summed E-state index contributed by atoms with van der Waals surface area (Å²) in [6.45, 7) is -0.0564. The van der Waals surface area contributed by atoms with Gasteiger partial charge in [-0.3, -0.25) is 9.18 Å². The van der Waals surface area contributed by atoms with Crippen molar-refractivity contribution in [1.29, 1.82) is 0 Å². The molecule has 0 fully saturated rings. The molecule has 152 valence electrons. The number of rotatable bonds is 9. The fourth-order valence-corrected chi connectivity index (χ4v) is 3.53. The van der Waals surface area contributed by atoms with Gasteiger partial charge in [0.05, 0.1) is 13.1 Å². The van der Waals surface area contributed by atoms with Gasteiger partial charge in [0.1, 0.15) is 12.4 Å². The largest absolute Gasteiger partial charge is 0.489 e. The van der Waals surface area contributed by atoms with E-state index in [0.29, 0.717) is 24.3 Å². The molecule has 1 aliphatic rings. The molecule has 2 aromatic rings. The maximum absolute atomic E-state index is 12.6. The molecule has 0 aromatic heterocycles. The van der Waals surface area contributed by atoms with E-state index in [0.717, 1.165) is 17.5 Å². The lowest BCUT2D eigenvalue weighted by Crippen LogP contribution is -2.30. The lowest BCUT2D eigenvalue weighted by atomic mass is 9.84. The molecular weight excluding hydrogens is 369 g/mol. The van der Waals surface area contributed by atoms with E-state index in [4.69, 9.17) is 15.6 Å². The standard InChI is InChI=1S/C24H26FNO3/c25-12-11-22(26)20-9-4-8-19(14-20)18-7-3-5-17(13-18)16-29-23-10-2-1-6-21(23)15-24(27)28/h1-10,13,20,22H,11-12,14-16,26H2,(H,27,28). The molecule has 5 heteroatoms. The van der Waals surface area contributed by atoms with Gasteiger partial charge in [-0.15, -0.1) is 0 Å². The third kappa shape index (κ3) is 5.78. The third-order valence-corrected chi connectivity index (χ3v) is 5.11. The minimum atomic E-state index is -0.888. The van der Waals surface area contributed by atoms with Crippen molar-refractivity contribution in [2.45, 2.75) is 31.9 Å². The molecule has 1 aliphatic carbocycles. The number of carbonyl (C=O) groups is 1. The van der Waals surface area contributed by atoms with Gasteiger partial charge in [-0.25, -0.2) is 0 Å². The van der Waals surface area contributed by atoms with Crippen LogP contribution in [0.5, 0.6) is 5.75 Å². The van der Waals surface area contributed by atoms with Crippen LogP contribution in [0, 0.1) is 5.92 Å². The molecule has 0 amide bonds. The maximum Gasteiger partial charge on any atom is 0.307 e. The first-order valence-electron chi connectivity index (χ1n) is 9.77. The van der Waals surface area contributed by atoms with Gasteiger partial charge in [0.15, 0.2) is 0 Å². The first kappa shape index (κ1) is 20.8. The van der Waals surface area contributed by atoms with Crippen LogP contribution in [0.25, 0.3) is 5.57 Å². The quantitative estimate of drug-likeness (QED) is 0.654. The summed E-state index contributed by atoms with van der Waals surface area (Å²) in [6, 6.07) is 15.1. The predicted octanol–water partition coefficient (Wildman–Crippen LogP) is 4.54. The second-order valence-corrected chi connectivity index (χ2v) is 7.25. The van der Waals surface area contributed by atoms with E-state index in [1.165, 1.54) is 5.57 Å². The number of alkyl halides is 1. The summed E-state index contributed by atoms with van der Waals surface area (Å²) >= 11 is 0. The number of carboxylic acid groups (broad SMARTS) is 1. The van der Waals surface area contributed by atoms with Gasteiger partial charge in [0, 0.05) is 11.6 Å². The molecule has 4 nitrogen and oxygen atoms in total. The van der Waals surface area contributed by atoms with Gasteiger partial charge in [0.25, 0.3) is 0 Å². The average Bonchev–Trinajstić information content (AvgIpc) is 2.73. The molecule has 0 saturated heterocycles. The van der Waals surface area contributed by atoms with E-state index in [1.807, 2.05) is 30.3 Å². The minimum Gasteiger partial charge on any atom is -0.489 e. The number of carboxylic acids is 1. The Morgan fingerprint density at radius 3 is 2.86 bits per heavy atom. The third-order valence-electron chi connectivity index (χ3n) is 5.11. The Morgan fingerprint density at radius 1 is 1.24 bits per heavy atom. The first-order chi connectivity index (χ1) is 14.1. The van der Waals surface area contributed by atoms with Crippen LogP contribution in [0.1, 0.15) is 29.5 Å². The van der Waals surface area contributed by atoms with Crippen LogP contribution >= 0.6 is 0 Å². The normalized spacial score (nSPS) is 16.9. The molecule has 2 atom stereocenters. The Balaban J connectivity index is 1.69. The summed E-state index contributed by atoms with van der Waals surface area (Å²) in [5, 5.41) is 9.05. The van der Waals surface area contributed by atoms with Crippen molar-refractivity contribution in [3.63, 3.8) is 0 Å². The van der Waals surface area contributed by atoms with Crippen molar-refractivity contribution in [3.05, 3.63) is 83.4 Å². The second kappa shape index (κ2) is 10.0. The number of allylic oxidation sites excluding steroid dienone is 3. The zero-order chi connectivity index (χ0) is 20.6. The summed E-state index contributed by atoms with van der Waals surface area (Å²) in [7, 11) is 0. The molecule has 0 saturated carbocycles. The average molecular weight is 395 g/mol. The molecule has 2 aromatic carbocycles. The molecule has 0 aliphatic heterocycles. The lowest BCUT2D eigenvalue weighted by Gasteiger charge is -2.24. The van der Waals surface area contributed by atoms with Crippen LogP contribution in [-0.2, 0) is 17.8 Å². The van der Waals surface area contributed by atoms with Crippen molar-refractivity contribution in [3.8, 4) is 5.75 Å². The smallest absolute Gasteiger partial charge is 0.307 e. The molecule has 0 spiro atoms. The van der Waals surface area contributed by atoms with Crippen molar-refractivity contribution >= 4 is 11.5 Å². The topological polar surface area (TPSA) is 72.5 Å². The summed E-state index contributed by atoms with van der Waals surface area (Å²) in [6.07, 6.45) is 7.19. The second-order valence-electron chi connectivity index (χ2n) is 7.25. The highest BCUT2D eigenvalue weighted by molar-refractivity contribution is 5.71. The first-order valence-corrected chi connectivity index (χ1v) is 9.77. The van der Waals surface area contributed by atoms with E-state index >= 15 is 0 Å². The number of ether oxygens (including phenoxy) is 1. The number of nitrogens with two attached hydrogens (primary N) is 1. The van der Waals surface area contributed by atoms with Crippen molar-refractivity contribution < 1.29 is 19.0 Å².